The zero-order chi connectivity index (χ0) is 17.0. The Labute approximate surface area is 140 Å². The Morgan fingerprint density at radius 2 is 1.96 bits per heavy atom. The van der Waals surface area contributed by atoms with Crippen LogP contribution in [0.3, 0.4) is 0 Å². The van der Waals surface area contributed by atoms with Crippen molar-refractivity contribution in [3.63, 3.8) is 0 Å². The molecule has 1 N–H and O–H groups in total. The summed E-state index contributed by atoms with van der Waals surface area (Å²) < 4.78 is 28.4. The van der Waals surface area contributed by atoms with Crippen molar-refractivity contribution in [2.75, 3.05) is 18.7 Å². The summed E-state index contributed by atoms with van der Waals surface area (Å²) in [4.78, 5) is 12.2. The van der Waals surface area contributed by atoms with Crippen molar-refractivity contribution in [3.8, 4) is 0 Å². The average Bonchev–Trinajstić information content (AvgIpc) is 2.47. The second-order valence-corrected chi connectivity index (χ2v) is 7.40. The van der Waals surface area contributed by atoms with Crippen LogP contribution < -0.4 is 5.32 Å². The van der Waals surface area contributed by atoms with Crippen molar-refractivity contribution in [1.29, 1.82) is 0 Å². The quantitative estimate of drug-likeness (QED) is 0.896. The van der Waals surface area contributed by atoms with E-state index in [1.54, 1.807) is 25.3 Å². The molecule has 0 saturated heterocycles. The lowest BCUT2D eigenvalue weighted by Gasteiger charge is -2.09. The Kier molecular flexibility index (Phi) is 5.41. The molecule has 1 amide bonds. The van der Waals surface area contributed by atoms with Gasteiger partial charge in [0.1, 0.15) is 0 Å². The van der Waals surface area contributed by atoms with Gasteiger partial charge >= 0.3 is 0 Å². The third-order valence-corrected chi connectivity index (χ3v) is 4.67. The number of hydrogen-bond donors (Lipinski definition) is 1. The molecule has 2 rings (SSSR count). The zero-order valence-corrected chi connectivity index (χ0v) is 14.2. The van der Waals surface area contributed by atoms with Gasteiger partial charge in [-0.3, -0.25) is 4.79 Å². The van der Waals surface area contributed by atoms with E-state index in [2.05, 4.69) is 5.32 Å². The molecule has 122 valence electrons. The summed E-state index contributed by atoms with van der Waals surface area (Å²) >= 11 is 5.88. The summed E-state index contributed by atoms with van der Waals surface area (Å²) in [6.45, 7) is 0.433. The van der Waals surface area contributed by atoms with Gasteiger partial charge in [0.2, 0.25) is 0 Å². The monoisotopic (exact) mass is 353 g/mol. The van der Waals surface area contributed by atoms with E-state index in [0.29, 0.717) is 12.3 Å². The lowest BCUT2D eigenvalue weighted by Crippen LogP contribution is -2.13. The number of carbonyl (C=O) groups is 1. The second-order valence-electron chi connectivity index (χ2n) is 5.00. The molecule has 5 nitrogen and oxygen atoms in total. The number of nitrogens with one attached hydrogen (secondary N) is 1. The van der Waals surface area contributed by atoms with Crippen LogP contribution in [0, 0.1) is 0 Å². The maximum atomic E-state index is 12.3. The molecular formula is C16H16ClNO4S. The Balaban J connectivity index is 2.26. The number of amides is 1. The topological polar surface area (TPSA) is 72.5 Å². The highest BCUT2D eigenvalue weighted by Gasteiger charge is 2.16. The maximum absolute atomic E-state index is 12.3. The molecule has 7 heteroatoms. The van der Waals surface area contributed by atoms with Gasteiger partial charge in [0, 0.05) is 24.6 Å². The predicted molar refractivity (Wildman–Crippen MR) is 89.7 cm³/mol. The first-order valence-electron chi connectivity index (χ1n) is 6.70. The molecule has 0 radical (unpaired) electrons. The van der Waals surface area contributed by atoms with Crippen LogP contribution >= 0.6 is 11.6 Å². The molecule has 0 spiro atoms. The van der Waals surface area contributed by atoms with E-state index >= 15 is 0 Å². The first-order chi connectivity index (χ1) is 10.8. The van der Waals surface area contributed by atoms with E-state index in [0.717, 1.165) is 11.8 Å². The SMILES string of the molecule is COCc1cccc(NC(=O)c2ccc(Cl)c(S(C)(=O)=O)c2)c1. The minimum Gasteiger partial charge on any atom is -0.380 e. The molecule has 0 unspecified atom stereocenters. The summed E-state index contributed by atoms with van der Waals surface area (Å²) in [6, 6.07) is 11.3. The number of hydrogen-bond acceptors (Lipinski definition) is 4. The van der Waals surface area contributed by atoms with Crippen molar-refractivity contribution < 1.29 is 17.9 Å². The average molecular weight is 354 g/mol. The number of sulfone groups is 1. The van der Waals surface area contributed by atoms with Crippen molar-refractivity contribution in [1.82, 2.24) is 0 Å². The number of benzene rings is 2. The standard InChI is InChI=1S/C16H16ClNO4S/c1-22-10-11-4-3-5-13(8-11)18-16(19)12-6-7-14(17)15(9-12)23(2,20)21/h3-9H,10H2,1-2H3,(H,18,19). The Morgan fingerprint density at radius 3 is 2.61 bits per heavy atom. The smallest absolute Gasteiger partial charge is 0.255 e. The van der Waals surface area contributed by atoms with Crippen molar-refractivity contribution >= 4 is 33.0 Å². The van der Waals surface area contributed by atoms with E-state index in [-0.39, 0.29) is 15.5 Å². The molecule has 0 aromatic heterocycles. The second kappa shape index (κ2) is 7.12. The Morgan fingerprint density at radius 1 is 1.22 bits per heavy atom. The van der Waals surface area contributed by atoms with Gasteiger partial charge in [0.15, 0.2) is 9.84 Å². The first-order valence-corrected chi connectivity index (χ1v) is 8.97. The van der Waals surface area contributed by atoms with Gasteiger partial charge in [-0.2, -0.15) is 0 Å². The highest BCUT2D eigenvalue weighted by Crippen LogP contribution is 2.23. The summed E-state index contributed by atoms with van der Waals surface area (Å²) in [7, 11) is -1.92. The summed E-state index contributed by atoms with van der Waals surface area (Å²) in [5, 5.41) is 2.81. The number of carbonyl (C=O) groups excluding carboxylic acids is 1. The molecule has 0 bridgehead atoms. The lowest BCUT2D eigenvalue weighted by molar-refractivity contribution is 0.102. The molecule has 0 fully saturated rings. The fourth-order valence-electron chi connectivity index (χ4n) is 2.04. The van der Waals surface area contributed by atoms with Gasteiger partial charge < -0.3 is 10.1 Å². The number of rotatable bonds is 5. The normalized spacial score (nSPS) is 11.3. The molecule has 0 aliphatic carbocycles. The van der Waals surface area contributed by atoms with Crippen LogP contribution in [0.5, 0.6) is 0 Å². The van der Waals surface area contributed by atoms with Gasteiger partial charge in [-0.05, 0) is 35.9 Å². The highest BCUT2D eigenvalue weighted by molar-refractivity contribution is 7.90. The van der Waals surface area contributed by atoms with Gasteiger partial charge in [0.05, 0.1) is 16.5 Å². The molecule has 23 heavy (non-hydrogen) atoms. The molecule has 0 aliphatic rings. The number of methoxy groups -OCH3 is 1. The third kappa shape index (κ3) is 4.54. The molecule has 0 heterocycles. The lowest BCUT2D eigenvalue weighted by atomic mass is 10.2. The molecular weight excluding hydrogens is 338 g/mol. The molecule has 2 aromatic rings. The van der Waals surface area contributed by atoms with E-state index in [1.807, 2.05) is 6.07 Å². The maximum Gasteiger partial charge on any atom is 0.255 e. The zero-order valence-electron chi connectivity index (χ0n) is 12.7. The minimum absolute atomic E-state index is 0.0695. The van der Waals surface area contributed by atoms with E-state index < -0.39 is 15.7 Å². The molecule has 0 saturated carbocycles. The number of anilines is 1. The fraction of sp³-hybridized carbons (Fsp3) is 0.188. The summed E-state index contributed by atoms with van der Waals surface area (Å²) in [5.41, 5.74) is 1.73. The fourth-order valence-corrected chi connectivity index (χ4v) is 3.34. The van der Waals surface area contributed by atoms with E-state index in [1.165, 1.54) is 18.2 Å². The molecule has 2 aromatic carbocycles. The van der Waals surface area contributed by atoms with E-state index in [4.69, 9.17) is 16.3 Å². The van der Waals surface area contributed by atoms with Crippen LogP contribution in [-0.2, 0) is 21.2 Å². The van der Waals surface area contributed by atoms with Gasteiger partial charge in [-0.15, -0.1) is 0 Å². The molecule has 0 aliphatic heterocycles. The third-order valence-electron chi connectivity index (χ3n) is 3.09. The van der Waals surface area contributed by atoms with Crippen LogP contribution in [0.2, 0.25) is 5.02 Å². The van der Waals surface area contributed by atoms with E-state index in [9.17, 15) is 13.2 Å². The van der Waals surface area contributed by atoms with Crippen LogP contribution in [0.1, 0.15) is 15.9 Å². The minimum atomic E-state index is -3.50. The number of ether oxygens (including phenoxy) is 1. The van der Waals surface area contributed by atoms with Crippen LogP contribution in [0.4, 0.5) is 5.69 Å². The van der Waals surface area contributed by atoms with Crippen LogP contribution in [0.15, 0.2) is 47.4 Å². The largest absolute Gasteiger partial charge is 0.380 e. The Bertz CT molecular complexity index is 834. The van der Waals surface area contributed by atoms with Crippen molar-refractivity contribution in [2.24, 2.45) is 0 Å². The predicted octanol–water partition coefficient (Wildman–Crippen LogP) is 3.14. The van der Waals surface area contributed by atoms with Crippen molar-refractivity contribution in [2.45, 2.75) is 11.5 Å². The van der Waals surface area contributed by atoms with Crippen molar-refractivity contribution in [3.05, 3.63) is 58.6 Å². The summed E-state index contributed by atoms with van der Waals surface area (Å²) in [6.07, 6.45) is 1.05. The van der Waals surface area contributed by atoms with Gasteiger partial charge in [0.25, 0.3) is 5.91 Å². The van der Waals surface area contributed by atoms with Crippen LogP contribution in [-0.4, -0.2) is 27.7 Å². The number of halogens is 1. The van der Waals surface area contributed by atoms with Crippen LogP contribution in [0.25, 0.3) is 0 Å². The summed E-state index contributed by atoms with van der Waals surface area (Å²) in [5.74, 6) is -0.416. The molecule has 0 atom stereocenters. The highest BCUT2D eigenvalue weighted by atomic mass is 35.5. The van der Waals surface area contributed by atoms with Gasteiger partial charge in [-0.25, -0.2) is 8.42 Å². The van der Waals surface area contributed by atoms with Gasteiger partial charge in [-0.1, -0.05) is 23.7 Å². The first kappa shape index (κ1) is 17.5. The Hall–Kier alpha value is -1.89.